The van der Waals surface area contributed by atoms with E-state index in [0.29, 0.717) is 18.2 Å². The lowest BCUT2D eigenvalue weighted by Gasteiger charge is -2.36. The summed E-state index contributed by atoms with van der Waals surface area (Å²) in [5.41, 5.74) is 1.11. The first-order valence-corrected chi connectivity index (χ1v) is 12.2. The van der Waals surface area contributed by atoms with Crippen LogP contribution >= 0.6 is 0 Å². The third kappa shape index (κ3) is 6.57. The van der Waals surface area contributed by atoms with E-state index < -0.39 is 0 Å². The lowest BCUT2D eigenvalue weighted by Crippen LogP contribution is -2.49. The highest BCUT2D eigenvalue weighted by Crippen LogP contribution is 2.23. The molecule has 33 heavy (non-hydrogen) atoms. The molecule has 2 aliphatic heterocycles. The molecule has 4 rings (SSSR count). The number of hydrogen-bond donors (Lipinski definition) is 0. The van der Waals surface area contributed by atoms with Crippen molar-refractivity contribution in [3.8, 4) is 5.75 Å². The van der Waals surface area contributed by atoms with Gasteiger partial charge in [0.05, 0.1) is 7.11 Å². The number of aromatic nitrogens is 1. The number of amides is 1. The Bertz CT molecular complexity index is 909. The summed E-state index contributed by atoms with van der Waals surface area (Å²) >= 11 is 0. The van der Waals surface area contributed by atoms with E-state index in [4.69, 9.17) is 4.74 Å². The number of methoxy groups -OCH3 is 1. The Morgan fingerprint density at radius 3 is 2.70 bits per heavy atom. The van der Waals surface area contributed by atoms with Crippen molar-refractivity contribution >= 4 is 17.8 Å². The first kappa shape index (κ1) is 23.3. The number of piperidine rings is 1. The number of carbonyl (C=O) groups is 1. The maximum atomic E-state index is 12.8. The summed E-state index contributed by atoms with van der Waals surface area (Å²) in [7, 11) is 1.71. The molecule has 0 N–H and O–H groups in total. The molecule has 1 aromatic carbocycles. The van der Waals surface area contributed by atoms with Crippen LogP contribution in [0.25, 0.3) is 6.08 Å². The second-order valence-electron chi connectivity index (χ2n) is 9.01. The highest BCUT2D eigenvalue weighted by Gasteiger charge is 2.24. The zero-order valence-electron chi connectivity index (χ0n) is 19.7. The zero-order chi connectivity index (χ0) is 22.9. The number of benzene rings is 1. The molecule has 1 aromatic heterocycles. The van der Waals surface area contributed by atoms with Crippen LogP contribution in [0.3, 0.4) is 0 Å². The Morgan fingerprint density at radius 1 is 1.09 bits per heavy atom. The SMILES string of the molecule is COc1ccccc1/C=C/CN1CCC[C@H](CCC(=O)N2CCN(c3ccccn3)CC2)C1. The molecule has 3 heterocycles. The van der Waals surface area contributed by atoms with E-state index in [2.05, 4.69) is 33.0 Å². The maximum absolute atomic E-state index is 12.8. The van der Waals surface area contributed by atoms with Gasteiger partial charge in [-0.05, 0) is 49.9 Å². The molecule has 2 aliphatic rings. The molecule has 6 heteroatoms. The molecule has 1 amide bonds. The Hall–Kier alpha value is -2.86. The average molecular weight is 449 g/mol. The molecule has 2 saturated heterocycles. The molecule has 0 spiro atoms. The fourth-order valence-corrected chi connectivity index (χ4v) is 4.90. The number of carbonyl (C=O) groups excluding carboxylic acids is 1. The summed E-state index contributed by atoms with van der Waals surface area (Å²) in [5.74, 6) is 2.83. The Labute approximate surface area is 197 Å². The number of ether oxygens (including phenoxy) is 1. The third-order valence-electron chi connectivity index (χ3n) is 6.78. The number of rotatable bonds is 8. The number of piperazine rings is 1. The summed E-state index contributed by atoms with van der Waals surface area (Å²) in [6.07, 6.45) is 10.3. The minimum atomic E-state index is 0.309. The summed E-state index contributed by atoms with van der Waals surface area (Å²) < 4.78 is 5.43. The fraction of sp³-hybridized carbons (Fsp3) is 0.481. The molecule has 0 aliphatic carbocycles. The topological polar surface area (TPSA) is 48.9 Å². The molecule has 2 fully saturated rings. The fourth-order valence-electron chi connectivity index (χ4n) is 4.90. The predicted molar refractivity (Wildman–Crippen MR) is 133 cm³/mol. The minimum absolute atomic E-state index is 0.309. The molecule has 2 aromatic rings. The number of likely N-dealkylation sites (tertiary alicyclic amines) is 1. The second kappa shape index (κ2) is 11.8. The monoisotopic (exact) mass is 448 g/mol. The third-order valence-corrected chi connectivity index (χ3v) is 6.78. The number of para-hydroxylation sites is 1. The van der Waals surface area contributed by atoms with Gasteiger partial charge in [0.15, 0.2) is 0 Å². The first-order valence-electron chi connectivity index (χ1n) is 12.2. The van der Waals surface area contributed by atoms with E-state index in [9.17, 15) is 4.79 Å². The lowest BCUT2D eigenvalue weighted by atomic mass is 9.93. The van der Waals surface area contributed by atoms with Crippen LogP contribution in [0.2, 0.25) is 0 Å². The van der Waals surface area contributed by atoms with Crippen molar-refractivity contribution in [3.63, 3.8) is 0 Å². The Morgan fingerprint density at radius 2 is 1.91 bits per heavy atom. The van der Waals surface area contributed by atoms with Crippen LogP contribution in [0.15, 0.2) is 54.7 Å². The number of hydrogen-bond acceptors (Lipinski definition) is 5. The van der Waals surface area contributed by atoms with Gasteiger partial charge in [-0.2, -0.15) is 0 Å². The molecule has 0 saturated carbocycles. The molecule has 6 nitrogen and oxygen atoms in total. The van der Waals surface area contributed by atoms with Gasteiger partial charge in [-0.3, -0.25) is 9.69 Å². The van der Waals surface area contributed by atoms with Crippen LogP contribution in [0.1, 0.15) is 31.2 Å². The van der Waals surface area contributed by atoms with Crippen LogP contribution in [0, 0.1) is 5.92 Å². The van der Waals surface area contributed by atoms with Crippen molar-refractivity contribution in [1.82, 2.24) is 14.8 Å². The minimum Gasteiger partial charge on any atom is -0.496 e. The molecule has 176 valence electrons. The Kier molecular flexibility index (Phi) is 8.36. The Balaban J connectivity index is 1.18. The van der Waals surface area contributed by atoms with Gasteiger partial charge >= 0.3 is 0 Å². The molecular formula is C27H36N4O2. The van der Waals surface area contributed by atoms with Gasteiger partial charge in [0.25, 0.3) is 0 Å². The van der Waals surface area contributed by atoms with Gasteiger partial charge in [-0.25, -0.2) is 4.98 Å². The summed E-state index contributed by atoms with van der Waals surface area (Å²) in [6, 6.07) is 14.1. The van der Waals surface area contributed by atoms with E-state index in [1.807, 2.05) is 47.5 Å². The van der Waals surface area contributed by atoms with Gasteiger partial charge in [-0.1, -0.05) is 36.4 Å². The molecule has 0 unspecified atom stereocenters. The lowest BCUT2D eigenvalue weighted by molar-refractivity contribution is -0.131. The quantitative estimate of drug-likeness (QED) is 0.612. The van der Waals surface area contributed by atoms with Crippen LogP contribution in [-0.2, 0) is 4.79 Å². The van der Waals surface area contributed by atoms with E-state index >= 15 is 0 Å². The number of pyridine rings is 1. The van der Waals surface area contributed by atoms with Gasteiger partial charge in [0.2, 0.25) is 5.91 Å². The van der Waals surface area contributed by atoms with Gasteiger partial charge < -0.3 is 14.5 Å². The molecular weight excluding hydrogens is 412 g/mol. The first-order chi connectivity index (χ1) is 16.2. The van der Waals surface area contributed by atoms with Crippen molar-refractivity contribution in [2.24, 2.45) is 5.92 Å². The van der Waals surface area contributed by atoms with E-state index in [0.717, 1.165) is 69.4 Å². The van der Waals surface area contributed by atoms with Gasteiger partial charge in [-0.15, -0.1) is 0 Å². The van der Waals surface area contributed by atoms with E-state index in [-0.39, 0.29) is 0 Å². The summed E-state index contributed by atoms with van der Waals surface area (Å²) in [6.45, 7) is 6.46. The average Bonchev–Trinajstić information content (AvgIpc) is 2.88. The van der Waals surface area contributed by atoms with Crippen LogP contribution in [-0.4, -0.2) is 73.6 Å². The van der Waals surface area contributed by atoms with Crippen molar-refractivity contribution in [2.45, 2.75) is 25.7 Å². The normalized spacial score (nSPS) is 19.7. The van der Waals surface area contributed by atoms with Crippen molar-refractivity contribution < 1.29 is 9.53 Å². The summed E-state index contributed by atoms with van der Waals surface area (Å²) in [5, 5.41) is 0. The van der Waals surface area contributed by atoms with Crippen molar-refractivity contribution in [3.05, 3.63) is 60.3 Å². The van der Waals surface area contributed by atoms with Crippen LogP contribution < -0.4 is 9.64 Å². The summed E-state index contributed by atoms with van der Waals surface area (Å²) in [4.78, 5) is 24.1. The highest BCUT2D eigenvalue weighted by molar-refractivity contribution is 5.76. The van der Waals surface area contributed by atoms with Crippen molar-refractivity contribution in [2.75, 3.05) is 57.8 Å². The zero-order valence-corrected chi connectivity index (χ0v) is 19.7. The van der Waals surface area contributed by atoms with Crippen LogP contribution in [0.5, 0.6) is 5.75 Å². The van der Waals surface area contributed by atoms with Gasteiger partial charge in [0.1, 0.15) is 11.6 Å². The highest BCUT2D eigenvalue weighted by atomic mass is 16.5. The maximum Gasteiger partial charge on any atom is 0.222 e. The second-order valence-corrected chi connectivity index (χ2v) is 9.01. The molecule has 1 atom stereocenters. The van der Waals surface area contributed by atoms with Gasteiger partial charge in [0, 0.05) is 57.4 Å². The smallest absolute Gasteiger partial charge is 0.222 e. The number of nitrogens with zero attached hydrogens (tertiary/aromatic N) is 4. The van der Waals surface area contributed by atoms with Crippen LogP contribution in [0.4, 0.5) is 5.82 Å². The van der Waals surface area contributed by atoms with Crippen molar-refractivity contribution in [1.29, 1.82) is 0 Å². The molecule has 0 bridgehead atoms. The standard InChI is InChI=1S/C27H36N4O2/c1-33-25-11-3-2-9-24(25)10-7-17-29-16-6-8-23(22-29)13-14-27(32)31-20-18-30(19-21-31)26-12-4-5-15-28-26/h2-5,7,9-12,15,23H,6,8,13-14,16-22H2,1H3/b10-7+/t23-/m1/s1. The predicted octanol–water partition coefficient (Wildman–Crippen LogP) is 3.94. The van der Waals surface area contributed by atoms with E-state index in [1.165, 1.54) is 12.8 Å². The largest absolute Gasteiger partial charge is 0.496 e. The molecule has 0 radical (unpaired) electrons. The number of anilines is 1. The van der Waals surface area contributed by atoms with E-state index in [1.54, 1.807) is 7.11 Å².